The van der Waals surface area contributed by atoms with Crippen molar-refractivity contribution in [3.63, 3.8) is 0 Å². The van der Waals surface area contributed by atoms with Gasteiger partial charge in [0.15, 0.2) is 0 Å². The Labute approximate surface area is 118 Å². The van der Waals surface area contributed by atoms with E-state index in [9.17, 15) is 0 Å². The Kier molecular flexibility index (Phi) is 5.65. The molecule has 4 heteroatoms. The molecule has 1 aromatic rings. The summed E-state index contributed by atoms with van der Waals surface area (Å²) in [5.74, 6) is 0.948. The first kappa shape index (κ1) is 15.2. The molecule has 1 nitrogen and oxygen atoms in total. The highest BCUT2D eigenvalue weighted by Gasteiger charge is 2.13. The smallest absolute Gasteiger partial charge is 0.0595 e. The number of benzene rings is 1. The van der Waals surface area contributed by atoms with Crippen LogP contribution in [0, 0.1) is 0 Å². The van der Waals surface area contributed by atoms with Gasteiger partial charge in [-0.25, -0.2) is 0 Å². The van der Waals surface area contributed by atoms with E-state index in [2.05, 4.69) is 20.8 Å². The summed E-state index contributed by atoms with van der Waals surface area (Å²) in [5, 5.41) is 1.19. The summed E-state index contributed by atoms with van der Waals surface area (Å²) < 4.78 is 0.259. The van der Waals surface area contributed by atoms with Crippen LogP contribution >= 0.6 is 35.0 Å². The molecule has 17 heavy (non-hydrogen) atoms. The molecule has 96 valence electrons. The van der Waals surface area contributed by atoms with Gasteiger partial charge in [0.05, 0.1) is 10.0 Å². The van der Waals surface area contributed by atoms with Gasteiger partial charge in [0.2, 0.25) is 0 Å². The van der Waals surface area contributed by atoms with Crippen molar-refractivity contribution in [3.05, 3.63) is 33.8 Å². The molecule has 1 atom stereocenters. The van der Waals surface area contributed by atoms with Crippen molar-refractivity contribution in [1.29, 1.82) is 0 Å². The summed E-state index contributed by atoms with van der Waals surface area (Å²) in [6, 6.07) is 5.85. The Morgan fingerprint density at radius 1 is 1.24 bits per heavy atom. The van der Waals surface area contributed by atoms with Crippen LogP contribution in [0.4, 0.5) is 0 Å². The van der Waals surface area contributed by atoms with E-state index in [0.29, 0.717) is 10.0 Å². The van der Waals surface area contributed by atoms with Gasteiger partial charge in [-0.3, -0.25) is 0 Å². The average Bonchev–Trinajstić information content (AvgIpc) is 2.20. The maximum absolute atomic E-state index is 6.10. The number of hydrogen-bond donors (Lipinski definition) is 1. The van der Waals surface area contributed by atoms with Crippen LogP contribution in [0.1, 0.15) is 26.3 Å². The number of rotatable bonds is 4. The number of hydrogen-bond acceptors (Lipinski definition) is 2. The standard InChI is InChI=1S/C13H19Cl2NS/c1-13(2,3)17-8-10(16)6-9-4-5-11(14)12(15)7-9/h4-5,7,10H,6,8,16H2,1-3H3. The summed E-state index contributed by atoms with van der Waals surface area (Å²) >= 11 is 13.7. The highest BCUT2D eigenvalue weighted by Crippen LogP contribution is 2.26. The number of nitrogens with two attached hydrogens (primary N) is 1. The topological polar surface area (TPSA) is 26.0 Å². The normalized spacial score (nSPS) is 13.8. The minimum absolute atomic E-state index is 0.150. The van der Waals surface area contributed by atoms with Crippen molar-refractivity contribution >= 4 is 35.0 Å². The van der Waals surface area contributed by atoms with Crippen LogP contribution in [0.25, 0.3) is 0 Å². The Balaban J connectivity index is 2.50. The zero-order valence-electron chi connectivity index (χ0n) is 10.5. The van der Waals surface area contributed by atoms with Crippen LogP contribution in [0.2, 0.25) is 10.0 Å². The molecule has 0 aliphatic carbocycles. The van der Waals surface area contributed by atoms with E-state index in [1.54, 1.807) is 0 Å². The Hall–Kier alpha value is 0.110. The van der Waals surface area contributed by atoms with Crippen molar-refractivity contribution in [2.75, 3.05) is 5.75 Å². The zero-order chi connectivity index (χ0) is 13.1. The second kappa shape index (κ2) is 6.33. The van der Waals surface area contributed by atoms with Crippen LogP contribution in [-0.2, 0) is 6.42 Å². The molecule has 0 radical (unpaired) electrons. The summed E-state index contributed by atoms with van der Waals surface area (Å²) in [7, 11) is 0. The molecular formula is C13H19Cl2NS. The largest absolute Gasteiger partial charge is 0.327 e. The lowest BCUT2D eigenvalue weighted by Gasteiger charge is -2.20. The monoisotopic (exact) mass is 291 g/mol. The summed E-state index contributed by atoms with van der Waals surface area (Å²) in [6.07, 6.45) is 0.833. The molecule has 1 unspecified atom stereocenters. The molecule has 0 aliphatic rings. The fraction of sp³-hybridized carbons (Fsp3) is 0.538. The van der Waals surface area contributed by atoms with Crippen molar-refractivity contribution < 1.29 is 0 Å². The van der Waals surface area contributed by atoms with E-state index in [1.807, 2.05) is 30.0 Å². The quantitative estimate of drug-likeness (QED) is 0.890. The second-order valence-electron chi connectivity index (χ2n) is 5.14. The minimum atomic E-state index is 0.150. The second-order valence-corrected chi connectivity index (χ2v) is 7.80. The van der Waals surface area contributed by atoms with Gasteiger partial charge in [0, 0.05) is 16.5 Å². The lowest BCUT2D eigenvalue weighted by atomic mass is 10.1. The molecule has 0 fully saturated rings. The predicted molar refractivity (Wildman–Crippen MR) is 80.4 cm³/mol. The molecule has 0 amide bonds. The molecule has 0 bridgehead atoms. The summed E-state index contributed by atoms with van der Waals surface area (Å²) in [6.45, 7) is 6.59. The molecule has 0 saturated carbocycles. The third-order valence-corrected chi connectivity index (χ3v) is 4.41. The van der Waals surface area contributed by atoms with E-state index in [-0.39, 0.29) is 10.8 Å². The molecule has 0 heterocycles. The van der Waals surface area contributed by atoms with Gasteiger partial charge in [0.1, 0.15) is 0 Å². The van der Waals surface area contributed by atoms with Gasteiger partial charge < -0.3 is 5.73 Å². The maximum atomic E-state index is 6.10. The van der Waals surface area contributed by atoms with E-state index in [0.717, 1.165) is 17.7 Å². The van der Waals surface area contributed by atoms with Crippen LogP contribution in [0.5, 0.6) is 0 Å². The predicted octanol–water partition coefficient (Wildman–Crippen LogP) is 4.39. The lowest BCUT2D eigenvalue weighted by Crippen LogP contribution is -2.27. The van der Waals surface area contributed by atoms with Gasteiger partial charge in [-0.15, -0.1) is 0 Å². The highest BCUT2D eigenvalue weighted by atomic mass is 35.5. The fourth-order valence-corrected chi connectivity index (χ4v) is 2.54. The Morgan fingerprint density at radius 2 is 1.88 bits per heavy atom. The molecule has 0 spiro atoms. The first-order valence-corrected chi connectivity index (χ1v) is 7.35. The zero-order valence-corrected chi connectivity index (χ0v) is 12.8. The lowest BCUT2D eigenvalue weighted by molar-refractivity contribution is 0.734. The molecular weight excluding hydrogens is 273 g/mol. The van der Waals surface area contributed by atoms with E-state index < -0.39 is 0 Å². The molecule has 0 saturated heterocycles. The van der Waals surface area contributed by atoms with Crippen molar-refractivity contribution in [3.8, 4) is 0 Å². The van der Waals surface area contributed by atoms with E-state index in [1.165, 1.54) is 0 Å². The van der Waals surface area contributed by atoms with Gasteiger partial charge >= 0.3 is 0 Å². The molecule has 2 N–H and O–H groups in total. The first-order valence-electron chi connectivity index (χ1n) is 5.61. The van der Waals surface area contributed by atoms with Crippen molar-refractivity contribution in [1.82, 2.24) is 0 Å². The summed E-state index contributed by atoms with van der Waals surface area (Å²) in [4.78, 5) is 0. The van der Waals surface area contributed by atoms with E-state index in [4.69, 9.17) is 28.9 Å². The Bertz CT molecular complexity index is 374. The molecule has 0 aromatic heterocycles. The molecule has 0 aliphatic heterocycles. The SMILES string of the molecule is CC(C)(C)SCC(N)Cc1ccc(Cl)c(Cl)c1. The van der Waals surface area contributed by atoms with E-state index >= 15 is 0 Å². The number of halogens is 2. The van der Waals surface area contributed by atoms with Gasteiger partial charge in [-0.2, -0.15) is 11.8 Å². The average molecular weight is 292 g/mol. The molecule has 1 aromatic carbocycles. The third kappa shape index (κ3) is 6.01. The first-order chi connectivity index (χ1) is 7.78. The van der Waals surface area contributed by atoms with Crippen LogP contribution in [0.3, 0.4) is 0 Å². The number of thioether (sulfide) groups is 1. The highest BCUT2D eigenvalue weighted by molar-refractivity contribution is 8.00. The van der Waals surface area contributed by atoms with Crippen molar-refractivity contribution in [2.24, 2.45) is 5.73 Å². The molecule has 1 rings (SSSR count). The van der Waals surface area contributed by atoms with Crippen LogP contribution in [0.15, 0.2) is 18.2 Å². The third-order valence-electron chi connectivity index (χ3n) is 2.21. The van der Waals surface area contributed by atoms with Crippen LogP contribution in [-0.4, -0.2) is 16.5 Å². The van der Waals surface area contributed by atoms with Gasteiger partial charge in [-0.05, 0) is 24.1 Å². The van der Waals surface area contributed by atoms with Crippen molar-refractivity contribution in [2.45, 2.75) is 38.0 Å². The summed E-state index contributed by atoms with van der Waals surface area (Å²) in [5.41, 5.74) is 7.24. The minimum Gasteiger partial charge on any atom is -0.327 e. The Morgan fingerprint density at radius 3 is 2.41 bits per heavy atom. The van der Waals surface area contributed by atoms with Gasteiger partial charge in [0.25, 0.3) is 0 Å². The van der Waals surface area contributed by atoms with Gasteiger partial charge in [-0.1, -0.05) is 50.0 Å². The maximum Gasteiger partial charge on any atom is 0.0595 e. The van der Waals surface area contributed by atoms with Crippen LogP contribution < -0.4 is 5.73 Å². The fourth-order valence-electron chi connectivity index (χ4n) is 1.39.